The Labute approximate surface area is 126 Å². The van der Waals surface area contributed by atoms with Gasteiger partial charge < -0.3 is 0 Å². The first-order chi connectivity index (χ1) is 9.44. The summed E-state index contributed by atoms with van der Waals surface area (Å²) in [6.07, 6.45) is 1.41. The lowest BCUT2D eigenvalue weighted by molar-refractivity contribution is -0.132. The Morgan fingerprint density at radius 1 is 1.55 bits per heavy atom. The normalized spacial score (nSPS) is 20.2. The number of hydroxylamine groups is 1. The molecule has 2 N–H and O–H groups in total. The number of rotatable bonds is 5. The van der Waals surface area contributed by atoms with Crippen LogP contribution in [0.5, 0.6) is 0 Å². The van der Waals surface area contributed by atoms with Crippen molar-refractivity contribution in [3.05, 3.63) is 21.3 Å². The molecule has 1 atom stereocenters. The number of nitrogens with zero attached hydrogens (tertiary/aromatic N) is 1. The van der Waals surface area contributed by atoms with Gasteiger partial charge in [-0.25, -0.2) is 13.9 Å². The molecular weight excluding hydrogens is 324 g/mol. The largest absolute Gasteiger partial charge is 0.289 e. The van der Waals surface area contributed by atoms with E-state index in [0.717, 1.165) is 4.88 Å². The minimum atomic E-state index is -3.53. The SMILES string of the molecule is O=C(NO)[C@H]1CCCN1S(=O)(=O)CCc1ccc(Cl)s1. The van der Waals surface area contributed by atoms with Crippen LogP contribution in [0.25, 0.3) is 0 Å². The van der Waals surface area contributed by atoms with E-state index >= 15 is 0 Å². The Balaban J connectivity index is 2.04. The van der Waals surface area contributed by atoms with Gasteiger partial charge in [-0.15, -0.1) is 11.3 Å². The number of aryl methyl sites for hydroxylation is 1. The van der Waals surface area contributed by atoms with Crippen LogP contribution in [0.2, 0.25) is 4.34 Å². The maximum absolute atomic E-state index is 12.3. The Kier molecular flexibility index (Phi) is 5.03. The maximum atomic E-state index is 12.3. The fourth-order valence-electron chi connectivity index (χ4n) is 2.24. The van der Waals surface area contributed by atoms with Crippen LogP contribution in [-0.4, -0.2) is 42.2 Å². The van der Waals surface area contributed by atoms with E-state index in [1.807, 2.05) is 0 Å². The highest BCUT2D eigenvalue weighted by Crippen LogP contribution is 2.25. The molecule has 1 aromatic heterocycles. The molecule has 6 nitrogen and oxygen atoms in total. The summed E-state index contributed by atoms with van der Waals surface area (Å²) in [6.45, 7) is 0.311. The minimum absolute atomic E-state index is 0.0704. The average molecular weight is 339 g/mol. The van der Waals surface area contributed by atoms with Crippen molar-refractivity contribution in [1.29, 1.82) is 0 Å². The molecule has 2 heterocycles. The first-order valence-electron chi connectivity index (χ1n) is 6.12. The van der Waals surface area contributed by atoms with E-state index in [1.165, 1.54) is 21.1 Å². The fraction of sp³-hybridized carbons (Fsp3) is 0.545. The monoisotopic (exact) mass is 338 g/mol. The Hall–Kier alpha value is -0.670. The molecule has 1 saturated heterocycles. The Morgan fingerprint density at radius 2 is 2.30 bits per heavy atom. The zero-order valence-corrected chi connectivity index (χ0v) is 13.0. The van der Waals surface area contributed by atoms with Gasteiger partial charge >= 0.3 is 0 Å². The molecule has 0 unspecified atom stereocenters. The molecule has 0 spiro atoms. The number of carbonyl (C=O) groups excluding carboxylic acids is 1. The maximum Gasteiger partial charge on any atom is 0.261 e. The molecule has 112 valence electrons. The van der Waals surface area contributed by atoms with Crippen LogP contribution in [0.4, 0.5) is 0 Å². The third-order valence-electron chi connectivity index (χ3n) is 3.21. The summed E-state index contributed by atoms with van der Waals surface area (Å²) in [4.78, 5) is 12.4. The smallest absolute Gasteiger partial charge is 0.261 e. The van der Waals surface area contributed by atoms with Crippen molar-refractivity contribution in [3.63, 3.8) is 0 Å². The average Bonchev–Trinajstić information content (AvgIpc) is 3.04. The van der Waals surface area contributed by atoms with Crippen LogP contribution in [0.3, 0.4) is 0 Å². The number of amides is 1. The van der Waals surface area contributed by atoms with Gasteiger partial charge in [-0.2, -0.15) is 4.31 Å². The van der Waals surface area contributed by atoms with Crippen LogP contribution in [0.15, 0.2) is 12.1 Å². The number of hydrogen-bond acceptors (Lipinski definition) is 5. The van der Waals surface area contributed by atoms with Crippen molar-refractivity contribution in [2.45, 2.75) is 25.3 Å². The van der Waals surface area contributed by atoms with E-state index in [9.17, 15) is 13.2 Å². The Bertz CT molecular complexity index is 587. The fourth-order valence-corrected chi connectivity index (χ4v) is 5.17. The molecule has 1 amide bonds. The topological polar surface area (TPSA) is 86.7 Å². The lowest BCUT2D eigenvalue weighted by Crippen LogP contribution is -2.45. The highest BCUT2D eigenvalue weighted by molar-refractivity contribution is 7.89. The molecule has 20 heavy (non-hydrogen) atoms. The van der Waals surface area contributed by atoms with Gasteiger partial charge in [-0.05, 0) is 31.4 Å². The van der Waals surface area contributed by atoms with E-state index in [1.54, 1.807) is 12.1 Å². The second-order valence-electron chi connectivity index (χ2n) is 4.52. The van der Waals surface area contributed by atoms with Crippen LogP contribution in [0, 0.1) is 0 Å². The first kappa shape index (κ1) is 15.7. The third kappa shape index (κ3) is 3.50. The summed E-state index contributed by atoms with van der Waals surface area (Å²) in [5.74, 6) is -0.746. The number of carbonyl (C=O) groups is 1. The minimum Gasteiger partial charge on any atom is -0.289 e. The summed E-state index contributed by atoms with van der Waals surface area (Å²) in [5.41, 5.74) is 1.53. The second kappa shape index (κ2) is 6.40. The van der Waals surface area contributed by atoms with E-state index in [4.69, 9.17) is 16.8 Å². The molecule has 0 aliphatic carbocycles. The molecule has 0 aromatic carbocycles. The number of nitrogens with one attached hydrogen (secondary N) is 1. The molecule has 1 aliphatic heterocycles. The molecule has 0 radical (unpaired) electrons. The lowest BCUT2D eigenvalue weighted by Gasteiger charge is -2.22. The number of hydrogen-bond donors (Lipinski definition) is 2. The van der Waals surface area contributed by atoms with E-state index < -0.39 is 22.0 Å². The standard InChI is InChI=1S/C11H15ClN2O4S2/c12-10-4-3-8(19-10)5-7-20(17,18)14-6-1-2-9(14)11(15)13-16/h3-4,9,16H,1-2,5-7H2,(H,13,15)/t9-/m1/s1. The van der Waals surface area contributed by atoms with Gasteiger partial charge in [0.25, 0.3) is 5.91 Å². The summed E-state index contributed by atoms with van der Waals surface area (Å²) in [7, 11) is -3.53. The second-order valence-corrected chi connectivity index (χ2v) is 8.36. The molecule has 1 aromatic rings. The highest BCUT2D eigenvalue weighted by Gasteiger charge is 2.38. The van der Waals surface area contributed by atoms with E-state index in [-0.39, 0.29) is 5.75 Å². The quantitative estimate of drug-likeness (QED) is 0.624. The number of sulfonamides is 1. The predicted molar refractivity (Wildman–Crippen MR) is 76.5 cm³/mol. The molecule has 2 rings (SSSR count). The molecule has 9 heteroatoms. The summed E-state index contributed by atoms with van der Waals surface area (Å²) < 4.78 is 26.4. The molecule has 0 bridgehead atoms. The Morgan fingerprint density at radius 3 is 2.90 bits per heavy atom. The van der Waals surface area contributed by atoms with Crippen LogP contribution >= 0.6 is 22.9 Å². The van der Waals surface area contributed by atoms with Crippen molar-refractivity contribution in [2.75, 3.05) is 12.3 Å². The number of halogens is 1. The zero-order chi connectivity index (χ0) is 14.8. The van der Waals surface area contributed by atoms with Crippen molar-refractivity contribution in [3.8, 4) is 0 Å². The van der Waals surface area contributed by atoms with Gasteiger partial charge in [-0.1, -0.05) is 11.6 Å². The molecule has 0 saturated carbocycles. The summed E-state index contributed by atoms with van der Waals surface area (Å²) in [5, 5.41) is 8.66. The van der Waals surface area contributed by atoms with Crippen molar-refractivity contribution < 1.29 is 18.4 Å². The van der Waals surface area contributed by atoms with Crippen molar-refractivity contribution in [2.24, 2.45) is 0 Å². The molecule has 1 aliphatic rings. The van der Waals surface area contributed by atoms with E-state index in [2.05, 4.69) is 0 Å². The van der Waals surface area contributed by atoms with Crippen LogP contribution in [-0.2, 0) is 21.2 Å². The van der Waals surface area contributed by atoms with E-state index in [0.29, 0.717) is 30.1 Å². The number of thiophene rings is 1. The molecular formula is C11H15ClN2O4S2. The molecule has 1 fully saturated rings. The van der Waals surface area contributed by atoms with Gasteiger partial charge in [0.2, 0.25) is 10.0 Å². The predicted octanol–water partition coefficient (Wildman–Crippen LogP) is 1.24. The van der Waals surface area contributed by atoms with Crippen LogP contribution in [0.1, 0.15) is 17.7 Å². The van der Waals surface area contributed by atoms with Crippen molar-refractivity contribution >= 4 is 38.9 Å². The summed E-state index contributed by atoms with van der Waals surface area (Å²) in [6, 6.07) is 2.72. The van der Waals surface area contributed by atoms with Crippen molar-refractivity contribution in [1.82, 2.24) is 9.79 Å². The summed E-state index contributed by atoms with van der Waals surface area (Å²) >= 11 is 7.14. The van der Waals surface area contributed by atoms with Gasteiger partial charge in [0, 0.05) is 11.4 Å². The first-order valence-corrected chi connectivity index (χ1v) is 8.92. The lowest BCUT2D eigenvalue weighted by atomic mass is 10.2. The van der Waals surface area contributed by atoms with Gasteiger partial charge in [0.15, 0.2) is 0 Å². The van der Waals surface area contributed by atoms with Gasteiger partial charge in [0.1, 0.15) is 6.04 Å². The third-order valence-corrected chi connectivity index (χ3v) is 6.37. The highest BCUT2D eigenvalue weighted by atomic mass is 35.5. The zero-order valence-electron chi connectivity index (χ0n) is 10.6. The van der Waals surface area contributed by atoms with Crippen LogP contribution < -0.4 is 5.48 Å². The van der Waals surface area contributed by atoms with Gasteiger partial charge in [0.05, 0.1) is 10.1 Å². The van der Waals surface area contributed by atoms with Gasteiger partial charge in [-0.3, -0.25) is 10.0 Å².